The average Bonchev–Trinajstić information content (AvgIpc) is 3.03. The van der Waals surface area contributed by atoms with Crippen LogP contribution in [0.1, 0.15) is 38.3 Å². The minimum Gasteiger partial charge on any atom is -0.355 e. The first-order valence-corrected chi connectivity index (χ1v) is 9.67. The maximum Gasteiger partial charge on any atom is 0.416 e. The number of likely N-dealkylation sites (tertiary alicyclic amines) is 1. The predicted octanol–water partition coefficient (Wildman–Crippen LogP) is 3.45. The van der Waals surface area contributed by atoms with E-state index in [-0.39, 0.29) is 35.6 Å². The van der Waals surface area contributed by atoms with E-state index in [0.717, 1.165) is 56.3 Å². The number of alkyl halides is 3. The molecular weight excluding hydrogens is 494 g/mol. The minimum absolute atomic E-state index is 0. The fraction of sp³-hybridized carbons (Fsp3) is 0.650. The zero-order valence-electron chi connectivity index (χ0n) is 17.6. The zero-order valence-corrected chi connectivity index (χ0v) is 19.9. The van der Waals surface area contributed by atoms with E-state index in [1.54, 1.807) is 19.2 Å². The maximum atomic E-state index is 12.7. The molecule has 2 rings (SSSR count). The summed E-state index contributed by atoms with van der Waals surface area (Å²) in [6, 6.07) is 5.70. The van der Waals surface area contributed by atoms with E-state index >= 15 is 0 Å². The third kappa shape index (κ3) is 9.52. The molecule has 1 fully saturated rings. The SMILES string of the molecule is CN=C(NCCNC(C)(C)C)NC1CCN(Cc2ccc(C(F)(F)F)cc2)C1.I. The monoisotopic (exact) mass is 527 g/mol. The van der Waals surface area contributed by atoms with Gasteiger partial charge in [0.2, 0.25) is 0 Å². The molecule has 166 valence electrons. The van der Waals surface area contributed by atoms with Crippen LogP contribution in [-0.4, -0.2) is 55.7 Å². The smallest absolute Gasteiger partial charge is 0.355 e. The van der Waals surface area contributed by atoms with Crippen molar-refractivity contribution in [3.8, 4) is 0 Å². The van der Waals surface area contributed by atoms with Gasteiger partial charge >= 0.3 is 6.18 Å². The number of hydrogen-bond acceptors (Lipinski definition) is 3. The lowest BCUT2D eigenvalue weighted by molar-refractivity contribution is -0.137. The average molecular weight is 527 g/mol. The van der Waals surface area contributed by atoms with Crippen molar-refractivity contribution in [1.29, 1.82) is 0 Å². The molecule has 5 nitrogen and oxygen atoms in total. The van der Waals surface area contributed by atoms with Gasteiger partial charge in [-0.15, -0.1) is 24.0 Å². The molecule has 1 atom stereocenters. The van der Waals surface area contributed by atoms with Gasteiger partial charge in [0.05, 0.1) is 5.56 Å². The molecule has 1 heterocycles. The van der Waals surface area contributed by atoms with Crippen molar-refractivity contribution in [3.05, 3.63) is 35.4 Å². The fourth-order valence-corrected chi connectivity index (χ4v) is 3.16. The number of nitrogens with one attached hydrogen (secondary N) is 3. The number of hydrogen-bond donors (Lipinski definition) is 3. The Kier molecular flexibility index (Phi) is 10.2. The maximum absolute atomic E-state index is 12.7. The lowest BCUT2D eigenvalue weighted by atomic mass is 10.1. The Hall–Kier alpha value is -1.07. The van der Waals surface area contributed by atoms with E-state index in [1.807, 2.05) is 0 Å². The van der Waals surface area contributed by atoms with Gasteiger partial charge in [-0.2, -0.15) is 13.2 Å². The highest BCUT2D eigenvalue weighted by molar-refractivity contribution is 14.0. The molecule has 0 spiro atoms. The summed E-state index contributed by atoms with van der Waals surface area (Å²) in [6.07, 6.45) is -3.31. The quantitative estimate of drug-likeness (QED) is 0.230. The number of aliphatic imine (C=N–C) groups is 1. The summed E-state index contributed by atoms with van der Waals surface area (Å²) in [5.74, 6) is 0.775. The molecule has 0 aliphatic carbocycles. The first kappa shape index (κ1) is 26.0. The highest BCUT2D eigenvalue weighted by atomic mass is 127. The van der Waals surface area contributed by atoms with Crippen LogP contribution in [0, 0.1) is 0 Å². The number of guanidine groups is 1. The summed E-state index contributed by atoms with van der Waals surface area (Å²) < 4.78 is 38.0. The molecular formula is C20H33F3IN5. The summed E-state index contributed by atoms with van der Waals surface area (Å²) in [5.41, 5.74) is 0.376. The lowest BCUT2D eigenvalue weighted by Crippen LogP contribution is -2.47. The van der Waals surface area contributed by atoms with Crippen LogP contribution < -0.4 is 16.0 Å². The molecule has 0 bridgehead atoms. The van der Waals surface area contributed by atoms with Gasteiger partial charge < -0.3 is 16.0 Å². The van der Waals surface area contributed by atoms with E-state index in [2.05, 4.69) is 46.6 Å². The Bertz CT molecular complexity index is 641. The standard InChI is InChI=1S/C20H32F3N5.HI/c1-19(2,3)26-11-10-25-18(24-4)27-17-9-12-28(14-17)13-15-5-7-16(8-6-15)20(21,22)23;/h5-8,17,26H,9-14H2,1-4H3,(H2,24,25,27);1H. The van der Waals surface area contributed by atoms with Crippen molar-refractivity contribution < 1.29 is 13.2 Å². The molecule has 1 aromatic carbocycles. The topological polar surface area (TPSA) is 51.7 Å². The molecule has 1 unspecified atom stereocenters. The summed E-state index contributed by atoms with van der Waals surface area (Å²) in [4.78, 5) is 6.51. The Morgan fingerprint density at radius 3 is 2.34 bits per heavy atom. The van der Waals surface area contributed by atoms with E-state index in [4.69, 9.17) is 0 Å². The number of nitrogens with zero attached hydrogens (tertiary/aromatic N) is 2. The highest BCUT2D eigenvalue weighted by Crippen LogP contribution is 2.29. The van der Waals surface area contributed by atoms with Gasteiger partial charge in [-0.3, -0.25) is 9.89 Å². The van der Waals surface area contributed by atoms with Gasteiger partial charge in [0.1, 0.15) is 0 Å². The first-order chi connectivity index (χ1) is 13.1. The molecule has 1 aliphatic heterocycles. The number of halogens is 4. The van der Waals surface area contributed by atoms with Crippen molar-refractivity contribution in [2.24, 2.45) is 4.99 Å². The van der Waals surface area contributed by atoms with Crippen LogP contribution in [-0.2, 0) is 12.7 Å². The van der Waals surface area contributed by atoms with Gasteiger partial charge in [-0.25, -0.2) is 0 Å². The first-order valence-electron chi connectivity index (χ1n) is 9.67. The Labute approximate surface area is 188 Å². The van der Waals surface area contributed by atoms with Crippen LogP contribution in [0.2, 0.25) is 0 Å². The Morgan fingerprint density at radius 1 is 1.14 bits per heavy atom. The van der Waals surface area contributed by atoms with E-state index < -0.39 is 11.7 Å². The molecule has 1 aliphatic rings. The highest BCUT2D eigenvalue weighted by Gasteiger charge is 2.30. The van der Waals surface area contributed by atoms with Crippen LogP contribution in [0.5, 0.6) is 0 Å². The largest absolute Gasteiger partial charge is 0.416 e. The van der Waals surface area contributed by atoms with Gasteiger partial charge in [0, 0.05) is 51.4 Å². The van der Waals surface area contributed by atoms with Crippen LogP contribution in [0.15, 0.2) is 29.3 Å². The van der Waals surface area contributed by atoms with E-state index in [1.165, 1.54) is 0 Å². The molecule has 0 radical (unpaired) electrons. The number of benzene rings is 1. The molecule has 1 aromatic rings. The third-order valence-corrected chi connectivity index (χ3v) is 4.60. The van der Waals surface area contributed by atoms with Gasteiger partial charge in [-0.1, -0.05) is 12.1 Å². The molecule has 29 heavy (non-hydrogen) atoms. The summed E-state index contributed by atoms with van der Waals surface area (Å²) in [5, 5.41) is 10.2. The van der Waals surface area contributed by atoms with Gasteiger partial charge in [0.15, 0.2) is 5.96 Å². The molecule has 0 saturated carbocycles. The van der Waals surface area contributed by atoms with Crippen molar-refractivity contribution in [3.63, 3.8) is 0 Å². The second-order valence-electron chi connectivity index (χ2n) is 8.24. The van der Waals surface area contributed by atoms with Crippen LogP contribution in [0.4, 0.5) is 13.2 Å². The minimum atomic E-state index is -4.29. The molecule has 1 saturated heterocycles. The van der Waals surface area contributed by atoms with Crippen molar-refractivity contribution in [1.82, 2.24) is 20.9 Å². The lowest BCUT2D eigenvalue weighted by Gasteiger charge is -2.22. The second-order valence-corrected chi connectivity index (χ2v) is 8.24. The Morgan fingerprint density at radius 2 is 1.79 bits per heavy atom. The van der Waals surface area contributed by atoms with E-state index in [9.17, 15) is 13.2 Å². The summed E-state index contributed by atoms with van der Waals surface area (Å²) in [7, 11) is 1.75. The van der Waals surface area contributed by atoms with E-state index in [0.29, 0.717) is 6.54 Å². The molecule has 3 N–H and O–H groups in total. The van der Waals surface area contributed by atoms with Crippen molar-refractivity contribution in [2.75, 3.05) is 33.2 Å². The molecule has 9 heteroatoms. The molecule has 0 aromatic heterocycles. The van der Waals surface area contributed by atoms with Crippen LogP contribution in [0.3, 0.4) is 0 Å². The van der Waals surface area contributed by atoms with Crippen LogP contribution >= 0.6 is 24.0 Å². The fourth-order valence-electron chi connectivity index (χ4n) is 3.16. The van der Waals surface area contributed by atoms with Crippen molar-refractivity contribution >= 4 is 29.9 Å². The van der Waals surface area contributed by atoms with Crippen LogP contribution in [0.25, 0.3) is 0 Å². The summed E-state index contributed by atoms with van der Waals surface area (Å²) >= 11 is 0. The second kappa shape index (κ2) is 11.4. The predicted molar refractivity (Wildman–Crippen MR) is 123 cm³/mol. The molecule has 0 amide bonds. The normalized spacial score (nSPS) is 18.4. The Balaban J connectivity index is 0.00000420. The number of rotatable bonds is 6. The van der Waals surface area contributed by atoms with Gasteiger partial charge in [-0.05, 0) is 44.9 Å². The zero-order chi connectivity index (χ0) is 20.8. The summed E-state index contributed by atoms with van der Waals surface area (Å²) in [6.45, 7) is 10.4. The van der Waals surface area contributed by atoms with Crippen molar-refractivity contribution in [2.45, 2.75) is 51.5 Å². The third-order valence-electron chi connectivity index (χ3n) is 4.60. The van der Waals surface area contributed by atoms with Gasteiger partial charge in [0.25, 0.3) is 0 Å².